The number of rotatable bonds is 9. The molecule has 146 valence electrons. The predicted octanol–water partition coefficient (Wildman–Crippen LogP) is 3.59. The van der Waals surface area contributed by atoms with Crippen LogP contribution in [0.15, 0.2) is 30.3 Å². The maximum atomic E-state index is 13.0. The molecule has 0 atom stereocenters. The zero-order valence-electron chi connectivity index (χ0n) is 15.3. The van der Waals surface area contributed by atoms with Gasteiger partial charge in [0.05, 0.1) is 39.4 Å². The fourth-order valence-electron chi connectivity index (χ4n) is 2.37. The first-order chi connectivity index (χ1) is 13.0. The number of amides is 1. The SMILES string of the molecule is COc1cc(CNC(=O)CCOc2ccc(F)cc2Cl)cc(OC)c1OC. The molecular weight excluding hydrogens is 377 g/mol. The van der Waals surface area contributed by atoms with Crippen LogP contribution >= 0.6 is 11.6 Å². The van der Waals surface area contributed by atoms with Gasteiger partial charge in [-0.3, -0.25) is 4.79 Å². The van der Waals surface area contributed by atoms with Crippen LogP contribution in [0.1, 0.15) is 12.0 Å². The number of methoxy groups -OCH3 is 3. The van der Waals surface area contributed by atoms with E-state index in [9.17, 15) is 9.18 Å². The second-order valence-electron chi connectivity index (χ2n) is 5.48. The molecule has 1 amide bonds. The smallest absolute Gasteiger partial charge is 0.223 e. The van der Waals surface area contributed by atoms with Crippen LogP contribution in [0.2, 0.25) is 5.02 Å². The van der Waals surface area contributed by atoms with E-state index in [2.05, 4.69) is 5.32 Å². The van der Waals surface area contributed by atoms with Crippen molar-refractivity contribution >= 4 is 17.5 Å². The summed E-state index contributed by atoms with van der Waals surface area (Å²) < 4.78 is 34.2. The highest BCUT2D eigenvalue weighted by Crippen LogP contribution is 2.38. The van der Waals surface area contributed by atoms with Crippen molar-refractivity contribution in [3.63, 3.8) is 0 Å². The Morgan fingerprint density at radius 1 is 1.04 bits per heavy atom. The van der Waals surface area contributed by atoms with E-state index in [1.807, 2.05) is 0 Å². The molecule has 8 heteroatoms. The third-order valence-corrected chi connectivity index (χ3v) is 3.99. The van der Waals surface area contributed by atoms with Gasteiger partial charge < -0.3 is 24.3 Å². The monoisotopic (exact) mass is 397 g/mol. The second-order valence-corrected chi connectivity index (χ2v) is 5.89. The minimum atomic E-state index is -0.449. The van der Waals surface area contributed by atoms with Crippen molar-refractivity contribution < 1.29 is 28.1 Å². The molecule has 27 heavy (non-hydrogen) atoms. The molecule has 2 aromatic carbocycles. The van der Waals surface area contributed by atoms with Gasteiger partial charge in [0.1, 0.15) is 11.6 Å². The normalized spacial score (nSPS) is 10.3. The van der Waals surface area contributed by atoms with Crippen molar-refractivity contribution in [3.8, 4) is 23.0 Å². The van der Waals surface area contributed by atoms with Gasteiger partial charge in [-0.05, 0) is 35.9 Å². The van der Waals surface area contributed by atoms with Gasteiger partial charge in [0.15, 0.2) is 11.5 Å². The van der Waals surface area contributed by atoms with E-state index < -0.39 is 5.82 Å². The average molecular weight is 398 g/mol. The number of nitrogens with one attached hydrogen (secondary N) is 1. The van der Waals surface area contributed by atoms with Crippen LogP contribution < -0.4 is 24.3 Å². The minimum Gasteiger partial charge on any atom is -0.493 e. The van der Waals surface area contributed by atoms with Crippen molar-refractivity contribution in [2.24, 2.45) is 0 Å². The number of hydrogen-bond acceptors (Lipinski definition) is 5. The summed E-state index contributed by atoms with van der Waals surface area (Å²) in [7, 11) is 4.57. The largest absolute Gasteiger partial charge is 0.493 e. The highest BCUT2D eigenvalue weighted by molar-refractivity contribution is 6.32. The molecule has 0 bridgehead atoms. The maximum absolute atomic E-state index is 13.0. The lowest BCUT2D eigenvalue weighted by Gasteiger charge is -2.14. The third kappa shape index (κ3) is 5.65. The molecule has 2 rings (SSSR count). The lowest BCUT2D eigenvalue weighted by Crippen LogP contribution is -2.24. The summed E-state index contributed by atoms with van der Waals surface area (Å²) in [5, 5.41) is 2.95. The molecule has 0 aromatic heterocycles. The van der Waals surface area contributed by atoms with Crippen LogP contribution in [-0.4, -0.2) is 33.8 Å². The van der Waals surface area contributed by atoms with Crippen LogP contribution in [-0.2, 0) is 11.3 Å². The molecule has 0 spiro atoms. The zero-order valence-corrected chi connectivity index (χ0v) is 16.1. The van der Waals surface area contributed by atoms with Crippen LogP contribution in [0.4, 0.5) is 4.39 Å². The quantitative estimate of drug-likeness (QED) is 0.700. The van der Waals surface area contributed by atoms with Gasteiger partial charge in [-0.25, -0.2) is 4.39 Å². The number of hydrogen-bond donors (Lipinski definition) is 1. The van der Waals surface area contributed by atoms with Crippen molar-refractivity contribution in [2.75, 3.05) is 27.9 Å². The summed E-state index contributed by atoms with van der Waals surface area (Å²) in [6.07, 6.45) is 0.123. The standard InChI is InChI=1S/C19H21ClFNO5/c1-24-16-8-12(9-17(25-2)19(16)26-3)11-22-18(23)6-7-27-15-5-4-13(21)10-14(15)20/h4-5,8-10H,6-7,11H2,1-3H3,(H,22,23). The number of halogens is 2. The van der Waals surface area contributed by atoms with Gasteiger partial charge in [-0.1, -0.05) is 11.6 Å². The summed E-state index contributed by atoms with van der Waals surface area (Å²) in [5.74, 6) is 1.18. The van der Waals surface area contributed by atoms with Crippen LogP contribution in [0, 0.1) is 5.82 Å². The molecule has 0 fully saturated rings. The van der Waals surface area contributed by atoms with E-state index in [0.717, 1.165) is 11.6 Å². The van der Waals surface area contributed by atoms with E-state index in [1.165, 1.54) is 33.5 Å². The molecule has 2 aromatic rings. The van der Waals surface area contributed by atoms with Gasteiger partial charge >= 0.3 is 0 Å². The van der Waals surface area contributed by atoms with Gasteiger partial charge in [-0.15, -0.1) is 0 Å². The Bertz CT molecular complexity index is 775. The first-order valence-corrected chi connectivity index (χ1v) is 8.49. The third-order valence-electron chi connectivity index (χ3n) is 3.69. The molecular formula is C19H21ClFNO5. The van der Waals surface area contributed by atoms with E-state index in [1.54, 1.807) is 12.1 Å². The molecule has 0 saturated heterocycles. The molecule has 6 nitrogen and oxygen atoms in total. The molecule has 1 N–H and O–H groups in total. The van der Waals surface area contributed by atoms with Crippen molar-refractivity contribution in [1.29, 1.82) is 0 Å². The Morgan fingerprint density at radius 3 is 2.26 bits per heavy atom. The average Bonchev–Trinajstić information content (AvgIpc) is 2.67. The van der Waals surface area contributed by atoms with Crippen molar-refractivity contribution in [2.45, 2.75) is 13.0 Å². The summed E-state index contributed by atoms with van der Waals surface area (Å²) >= 11 is 5.87. The number of carbonyl (C=O) groups excluding carboxylic acids is 1. The van der Waals surface area contributed by atoms with E-state index in [0.29, 0.717) is 23.0 Å². The van der Waals surface area contributed by atoms with Crippen molar-refractivity contribution in [1.82, 2.24) is 5.32 Å². The van der Waals surface area contributed by atoms with Crippen LogP contribution in [0.3, 0.4) is 0 Å². The van der Waals surface area contributed by atoms with Gasteiger partial charge in [0, 0.05) is 6.54 Å². The second kappa shape index (κ2) is 9.87. The summed E-state index contributed by atoms with van der Waals surface area (Å²) in [6.45, 7) is 0.402. The number of ether oxygens (including phenoxy) is 4. The molecule has 0 unspecified atom stereocenters. The Hall–Kier alpha value is -2.67. The lowest BCUT2D eigenvalue weighted by atomic mass is 10.1. The number of carbonyl (C=O) groups is 1. The van der Waals surface area contributed by atoms with Gasteiger partial charge in [-0.2, -0.15) is 0 Å². The fourth-order valence-corrected chi connectivity index (χ4v) is 2.59. The Balaban J connectivity index is 1.88. The molecule has 0 saturated carbocycles. The summed E-state index contributed by atoms with van der Waals surface area (Å²) in [4.78, 5) is 12.0. The highest BCUT2D eigenvalue weighted by atomic mass is 35.5. The molecule has 0 aliphatic rings. The topological polar surface area (TPSA) is 66.0 Å². The number of benzene rings is 2. The van der Waals surface area contributed by atoms with E-state index in [-0.39, 0.29) is 30.5 Å². The first kappa shape index (κ1) is 20.6. The van der Waals surface area contributed by atoms with Crippen LogP contribution in [0.5, 0.6) is 23.0 Å². The summed E-state index contributed by atoms with van der Waals surface area (Å²) in [5.41, 5.74) is 0.792. The predicted molar refractivity (Wildman–Crippen MR) is 99.5 cm³/mol. The Morgan fingerprint density at radius 2 is 1.70 bits per heavy atom. The van der Waals surface area contributed by atoms with Crippen molar-refractivity contribution in [3.05, 3.63) is 46.7 Å². The minimum absolute atomic E-state index is 0.118. The lowest BCUT2D eigenvalue weighted by molar-refractivity contribution is -0.121. The maximum Gasteiger partial charge on any atom is 0.223 e. The molecule has 0 aliphatic carbocycles. The van der Waals surface area contributed by atoms with E-state index >= 15 is 0 Å². The Labute approximate surface area is 162 Å². The fraction of sp³-hybridized carbons (Fsp3) is 0.316. The van der Waals surface area contributed by atoms with E-state index in [4.69, 9.17) is 30.5 Å². The molecule has 0 heterocycles. The zero-order chi connectivity index (χ0) is 19.8. The van der Waals surface area contributed by atoms with Crippen LogP contribution in [0.25, 0.3) is 0 Å². The van der Waals surface area contributed by atoms with Gasteiger partial charge in [0.25, 0.3) is 0 Å². The summed E-state index contributed by atoms with van der Waals surface area (Å²) in [6, 6.07) is 7.34. The molecule has 0 radical (unpaired) electrons. The Kier molecular flexibility index (Phi) is 7.55. The van der Waals surface area contributed by atoms with Gasteiger partial charge in [0.2, 0.25) is 11.7 Å². The highest BCUT2D eigenvalue weighted by Gasteiger charge is 2.13. The molecule has 0 aliphatic heterocycles. The first-order valence-electron chi connectivity index (χ1n) is 8.12.